The summed E-state index contributed by atoms with van der Waals surface area (Å²) in [5.41, 5.74) is 19.8. The monoisotopic (exact) mass is 814 g/mol. The number of para-hydroxylation sites is 2. The van der Waals surface area contributed by atoms with Gasteiger partial charge in [-0.25, -0.2) is 0 Å². The van der Waals surface area contributed by atoms with Crippen LogP contribution in [0.4, 0.5) is 0 Å². The molecule has 6 nitrogen and oxygen atoms in total. The number of rotatable bonds is 7. The maximum absolute atomic E-state index is 7.05. The second-order valence-corrected chi connectivity index (χ2v) is 15.9. The number of nitrogens with one attached hydrogen (secondary N) is 1. The second-order valence-electron chi connectivity index (χ2n) is 15.9. The maximum atomic E-state index is 7.05. The molecule has 0 unspecified atom stereocenters. The number of hydrogen-bond donors (Lipinski definition) is 2. The van der Waals surface area contributed by atoms with Gasteiger partial charge in [0.25, 0.3) is 0 Å². The normalized spacial score (nSPS) is 12.8. The van der Waals surface area contributed by atoms with E-state index in [-0.39, 0.29) is 5.84 Å². The van der Waals surface area contributed by atoms with Gasteiger partial charge >= 0.3 is 0 Å². The van der Waals surface area contributed by atoms with Crippen LogP contribution in [0.3, 0.4) is 0 Å². The van der Waals surface area contributed by atoms with Crippen molar-refractivity contribution in [1.82, 2.24) is 4.57 Å². The molecule has 1 aliphatic carbocycles. The van der Waals surface area contributed by atoms with E-state index in [1.807, 2.05) is 36.6 Å². The lowest BCUT2D eigenvalue weighted by molar-refractivity contribution is 0.669. The molecule has 11 aromatic rings. The number of hydrogen-bond acceptors (Lipinski definition) is 4. The van der Waals surface area contributed by atoms with Gasteiger partial charge < -0.3 is 19.1 Å². The Morgan fingerprint density at radius 3 is 1.89 bits per heavy atom. The first-order valence-corrected chi connectivity index (χ1v) is 21.3. The Hall–Kier alpha value is -8.22. The number of amidine groups is 1. The largest absolute Gasteiger partial charge is 0.456 e. The summed E-state index contributed by atoms with van der Waals surface area (Å²) in [5.74, 6) is 0.172. The van der Waals surface area contributed by atoms with Gasteiger partial charge in [0, 0.05) is 55.4 Å². The van der Waals surface area contributed by atoms with Crippen LogP contribution in [0.1, 0.15) is 24.0 Å². The van der Waals surface area contributed by atoms with Gasteiger partial charge in [-0.3, -0.25) is 10.4 Å². The number of aromatic nitrogens is 1. The number of fused-ring (bicyclic) bond motifs is 9. The fourth-order valence-corrected chi connectivity index (χ4v) is 9.15. The van der Waals surface area contributed by atoms with Crippen LogP contribution >= 0.6 is 0 Å². The minimum Gasteiger partial charge on any atom is -0.456 e. The van der Waals surface area contributed by atoms with Gasteiger partial charge in [-0.05, 0) is 95.3 Å². The van der Waals surface area contributed by atoms with E-state index in [4.69, 9.17) is 25.0 Å². The molecule has 1 aliphatic rings. The summed E-state index contributed by atoms with van der Waals surface area (Å²) in [7, 11) is 0. The Bertz CT molecular complexity index is 3580. The highest BCUT2D eigenvalue weighted by Gasteiger charge is 2.18. The third-order valence-corrected chi connectivity index (χ3v) is 12.0. The molecule has 63 heavy (non-hydrogen) atoms. The van der Waals surface area contributed by atoms with Gasteiger partial charge in [0.05, 0.1) is 17.6 Å². The zero-order chi connectivity index (χ0) is 42.3. The number of allylic oxidation sites excluding steroid dienone is 2. The van der Waals surface area contributed by atoms with Gasteiger partial charge in [-0.2, -0.15) is 0 Å². The predicted molar refractivity (Wildman–Crippen MR) is 262 cm³/mol. The summed E-state index contributed by atoms with van der Waals surface area (Å²) in [5, 5.41) is 13.9. The van der Waals surface area contributed by atoms with Gasteiger partial charge in [0.2, 0.25) is 0 Å². The van der Waals surface area contributed by atoms with E-state index in [0.717, 1.165) is 95.8 Å². The molecule has 0 fully saturated rings. The highest BCUT2D eigenvalue weighted by molar-refractivity contribution is 6.19. The van der Waals surface area contributed by atoms with Gasteiger partial charge in [-0.1, -0.05) is 140 Å². The zero-order valence-electron chi connectivity index (χ0n) is 34.5. The second kappa shape index (κ2) is 16.0. The van der Waals surface area contributed by atoms with Crippen LogP contribution in [0.5, 0.6) is 0 Å². The Kier molecular flexibility index (Phi) is 9.59. The summed E-state index contributed by atoms with van der Waals surface area (Å²) in [6.07, 6.45) is 10.0. The van der Waals surface area contributed by atoms with Crippen molar-refractivity contribution in [3.8, 4) is 27.9 Å². The van der Waals surface area contributed by atoms with Crippen LogP contribution in [0.15, 0.2) is 214 Å². The summed E-state index contributed by atoms with van der Waals surface area (Å²) in [6.45, 7) is 0.557. The maximum Gasteiger partial charge on any atom is 0.136 e. The zero-order valence-corrected chi connectivity index (χ0v) is 34.5. The molecule has 0 saturated carbocycles. The van der Waals surface area contributed by atoms with E-state index in [1.165, 1.54) is 27.4 Å². The summed E-state index contributed by atoms with van der Waals surface area (Å²) in [4.78, 5) is 4.99. The van der Waals surface area contributed by atoms with Crippen molar-refractivity contribution in [2.75, 3.05) is 0 Å². The molecule has 12 rings (SSSR count). The fourth-order valence-electron chi connectivity index (χ4n) is 9.15. The molecule has 0 aliphatic heterocycles. The van der Waals surface area contributed by atoms with Crippen molar-refractivity contribution in [2.45, 2.75) is 19.4 Å². The molecule has 0 bridgehead atoms. The smallest absolute Gasteiger partial charge is 0.136 e. The third-order valence-electron chi connectivity index (χ3n) is 12.0. The Morgan fingerprint density at radius 1 is 0.571 bits per heavy atom. The molecule has 3 N–H and O–H groups in total. The lowest BCUT2D eigenvalue weighted by Gasteiger charge is -2.09. The first kappa shape index (κ1) is 37.8. The molecular weight excluding hydrogens is 773 g/mol. The van der Waals surface area contributed by atoms with E-state index in [9.17, 15) is 0 Å². The third kappa shape index (κ3) is 6.88. The average Bonchev–Trinajstić information content (AvgIpc) is 4.02. The Labute approximate surface area is 364 Å². The molecule has 6 heteroatoms. The van der Waals surface area contributed by atoms with Crippen molar-refractivity contribution in [3.05, 3.63) is 211 Å². The van der Waals surface area contributed by atoms with Crippen molar-refractivity contribution in [1.29, 1.82) is 5.41 Å². The highest BCUT2D eigenvalue weighted by Crippen LogP contribution is 2.43. The number of aliphatic imine (C=N–C) groups is 1. The molecule has 0 spiro atoms. The lowest BCUT2D eigenvalue weighted by atomic mass is 9.94. The number of benzene rings is 8. The van der Waals surface area contributed by atoms with Crippen LogP contribution in [-0.2, 0) is 6.54 Å². The standard InChI is InChI=1S/C50H32N2O2.C7H10N2/c1-2-13-33(14-3-1)37-19-10-24-46-49(37)50-38(20-11-25-47(50)54-46)34-26-27-44-41(29-34)48-35(15-9-23-45(48)53-44)31-51-30-32-12-8-16-36(28-32)52-42-21-6-4-17-39(42)40-18-5-7-22-43(40)52;8-7(9)6-4-2-1-3-5-6/h1-29,31H,30H2;2,4-5H,1,3H2,(H3,8,9). The van der Waals surface area contributed by atoms with E-state index in [2.05, 4.69) is 168 Å². The lowest BCUT2D eigenvalue weighted by Crippen LogP contribution is -2.12. The quantitative estimate of drug-likeness (QED) is 0.124. The molecular formula is C57H42N4O2. The van der Waals surface area contributed by atoms with Crippen molar-refractivity contribution in [3.63, 3.8) is 0 Å². The van der Waals surface area contributed by atoms with E-state index in [0.29, 0.717) is 6.54 Å². The molecule has 0 atom stereocenters. The Balaban J connectivity index is 0.000000443. The molecule has 0 amide bonds. The highest BCUT2D eigenvalue weighted by atomic mass is 16.3. The van der Waals surface area contributed by atoms with Crippen molar-refractivity contribution < 1.29 is 8.83 Å². The van der Waals surface area contributed by atoms with Crippen LogP contribution in [0, 0.1) is 5.41 Å². The van der Waals surface area contributed by atoms with Crippen LogP contribution in [0.2, 0.25) is 0 Å². The fraction of sp³-hybridized carbons (Fsp3) is 0.0526. The first-order chi connectivity index (χ1) is 31.1. The van der Waals surface area contributed by atoms with Crippen LogP contribution < -0.4 is 5.73 Å². The SMILES string of the molecule is C(=NCc1cccc(-n2c3ccccc3c3ccccc32)c1)c1cccc2oc3ccc(-c4cccc5oc6cccc(-c7ccccc7)c6c45)cc3c12.N=C(N)C1=CCCC=C1. The summed E-state index contributed by atoms with van der Waals surface area (Å²) in [6, 6.07) is 61.8. The predicted octanol–water partition coefficient (Wildman–Crippen LogP) is 14.7. The molecule has 3 heterocycles. The number of nitrogens with two attached hydrogens (primary N) is 1. The summed E-state index contributed by atoms with van der Waals surface area (Å²) >= 11 is 0. The Morgan fingerprint density at radius 2 is 1.21 bits per heavy atom. The van der Waals surface area contributed by atoms with Crippen LogP contribution in [-0.4, -0.2) is 16.6 Å². The van der Waals surface area contributed by atoms with Gasteiger partial charge in [0.1, 0.15) is 28.2 Å². The molecule has 0 saturated heterocycles. The van der Waals surface area contributed by atoms with Gasteiger partial charge in [-0.15, -0.1) is 0 Å². The minimum absolute atomic E-state index is 0.172. The van der Waals surface area contributed by atoms with Crippen molar-refractivity contribution in [2.24, 2.45) is 10.7 Å². The molecule has 0 radical (unpaired) electrons. The average molecular weight is 815 g/mol. The van der Waals surface area contributed by atoms with Crippen LogP contribution in [0.25, 0.3) is 93.6 Å². The minimum atomic E-state index is 0.172. The van der Waals surface area contributed by atoms with E-state index >= 15 is 0 Å². The molecule has 3 aromatic heterocycles. The van der Waals surface area contributed by atoms with E-state index < -0.39 is 0 Å². The van der Waals surface area contributed by atoms with E-state index in [1.54, 1.807) is 0 Å². The number of furan rings is 2. The first-order valence-electron chi connectivity index (χ1n) is 21.3. The van der Waals surface area contributed by atoms with Gasteiger partial charge in [0.15, 0.2) is 0 Å². The molecule has 8 aromatic carbocycles. The number of nitrogens with zero attached hydrogens (tertiary/aromatic N) is 2. The topological polar surface area (TPSA) is 93.4 Å². The summed E-state index contributed by atoms with van der Waals surface area (Å²) < 4.78 is 15.2. The molecule has 302 valence electrons. The van der Waals surface area contributed by atoms with Crippen molar-refractivity contribution >= 4 is 77.7 Å².